The lowest BCUT2D eigenvalue weighted by Crippen LogP contribution is -2.45. The fraction of sp³-hybridized carbons (Fsp3) is 0.296. The number of hydrogen-bond donors (Lipinski definition) is 3. The first kappa shape index (κ1) is 24.1. The zero-order valence-electron chi connectivity index (χ0n) is 20.0. The Morgan fingerprint density at radius 2 is 2.00 bits per heavy atom. The number of likely N-dealkylation sites (tertiary alicyclic amines) is 1. The van der Waals surface area contributed by atoms with Gasteiger partial charge in [0.15, 0.2) is 0 Å². The minimum Gasteiger partial charge on any atom is -0.384 e. The quantitative estimate of drug-likeness (QED) is 0.296. The molecular formula is C27H26ClFN6OS. The summed E-state index contributed by atoms with van der Waals surface area (Å²) in [5.74, 6) is 0.474. The number of amides is 1. The molecule has 2 aliphatic rings. The summed E-state index contributed by atoms with van der Waals surface area (Å²) in [4.78, 5) is 25.5. The van der Waals surface area contributed by atoms with Gasteiger partial charge >= 0.3 is 0 Å². The van der Waals surface area contributed by atoms with E-state index in [4.69, 9.17) is 11.6 Å². The van der Waals surface area contributed by atoms with Crippen LogP contribution < -0.4 is 16.0 Å². The maximum absolute atomic E-state index is 13.5. The maximum Gasteiger partial charge on any atom is 0.261 e. The molecule has 37 heavy (non-hydrogen) atoms. The molecule has 7 nitrogen and oxygen atoms in total. The molecule has 10 heteroatoms. The molecule has 0 bridgehead atoms. The molecule has 2 aliphatic heterocycles. The molecular weight excluding hydrogens is 511 g/mol. The number of rotatable bonds is 6. The van der Waals surface area contributed by atoms with E-state index in [2.05, 4.69) is 55.1 Å². The van der Waals surface area contributed by atoms with Crippen LogP contribution in [0.15, 0.2) is 54.9 Å². The normalized spacial score (nSPS) is 17.9. The van der Waals surface area contributed by atoms with Crippen LogP contribution in [0.2, 0.25) is 5.02 Å². The lowest BCUT2D eigenvalue weighted by atomic mass is 9.98. The van der Waals surface area contributed by atoms with Crippen LogP contribution in [0.5, 0.6) is 0 Å². The van der Waals surface area contributed by atoms with Crippen LogP contribution in [0.3, 0.4) is 0 Å². The second-order valence-corrected chi connectivity index (χ2v) is 11.0. The van der Waals surface area contributed by atoms with Gasteiger partial charge in [0.1, 0.15) is 22.8 Å². The van der Waals surface area contributed by atoms with E-state index in [0.717, 1.165) is 44.4 Å². The highest BCUT2D eigenvalue weighted by Gasteiger charge is 2.27. The highest BCUT2D eigenvalue weighted by atomic mass is 35.5. The average Bonchev–Trinajstić information content (AvgIpc) is 3.53. The Labute approximate surface area is 223 Å². The van der Waals surface area contributed by atoms with Gasteiger partial charge in [0.05, 0.1) is 15.3 Å². The van der Waals surface area contributed by atoms with Crippen LogP contribution >= 0.6 is 22.9 Å². The third-order valence-electron chi connectivity index (χ3n) is 7.08. The number of carbonyl (C=O) groups excluding carboxylic acids is 1. The zero-order chi connectivity index (χ0) is 25.4. The van der Waals surface area contributed by atoms with Crippen molar-refractivity contribution in [1.29, 1.82) is 0 Å². The van der Waals surface area contributed by atoms with Crippen molar-refractivity contribution in [2.45, 2.75) is 24.8 Å². The summed E-state index contributed by atoms with van der Waals surface area (Å²) in [6.07, 6.45) is 3.30. The van der Waals surface area contributed by atoms with Gasteiger partial charge in [-0.25, -0.2) is 14.4 Å². The largest absolute Gasteiger partial charge is 0.384 e. The number of halogens is 2. The molecule has 1 fully saturated rings. The van der Waals surface area contributed by atoms with Gasteiger partial charge in [0.2, 0.25) is 0 Å². The van der Waals surface area contributed by atoms with E-state index in [9.17, 15) is 9.18 Å². The molecule has 4 heterocycles. The van der Waals surface area contributed by atoms with E-state index in [1.54, 1.807) is 6.07 Å². The van der Waals surface area contributed by atoms with Crippen LogP contribution in [0, 0.1) is 5.82 Å². The summed E-state index contributed by atoms with van der Waals surface area (Å²) in [5.41, 5.74) is 3.26. The number of hydrogen-bond acceptors (Lipinski definition) is 7. The predicted molar refractivity (Wildman–Crippen MR) is 147 cm³/mol. The monoisotopic (exact) mass is 536 g/mol. The molecule has 1 amide bonds. The van der Waals surface area contributed by atoms with Gasteiger partial charge in [0.25, 0.3) is 5.91 Å². The fourth-order valence-electron chi connectivity index (χ4n) is 5.13. The van der Waals surface area contributed by atoms with Crippen molar-refractivity contribution in [1.82, 2.24) is 20.2 Å². The molecule has 4 aromatic rings. The fourth-order valence-corrected chi connectivity index (χ4v) is 6.21. The summed E-state index contributed by atoms with van der Waals surface area (Å²) >= 11 is 7.24. The predicted octanol–water partition coefficient (Wildman–Crippen LogP) is 5.63. The van der Waals surface area contributed by atoms with Gasteiger partial charge in [-0.15, -0.1) is 11.3 Å². The summed E-state index contributed by atoms with van der Waals surface area (Å²) in [5, 5.41) is 10.6. The van der Waals surface area contributed by atoms with E-state index in [-0.39, 0.29) is 17.0 Å². The molecule has 3 N–H and O–H groups in total. The highest BCUT2D eigenvalue weighted by molar-refractivity contribution is 7.20. The van der Waals surface area contributed by atoms with Gasteiger partial charge in [-0.05, 0) is 48.7 Å². The summed E-state index contributed by atoms with van der Waals surface area (Å²) in [7, 11) is 0. The molecule has 1 unspecified atom stereocenters. The Hall–Kier alpha value is -3.27. The Morgan fingerprint density at radius 1 is 1.16 bits per heavy atom. The Morgan fingerprint density at radius 3 is 2.84 bits per heavy atom. The van der Waals surface area contributed by atoms with Crippen molar-refractivity contribution in [2.75, 3.05) is 36.8 Å². The highest BCUT2D eigenvalue weighted by Crippen LogP contribution is 2.33. The molecule has 2 aromatic carbocycles. The topological polar surface area (TPSA) is 82.2 Å². The molecule has 190 valence electrons. The molecule has 6 rings (SSSR count). The van der Waals surface area contributed by atoms with Gasteiger partial charge in [0, 0.05) is 49.5 Å². The van der Waals surface area contributed by atoms with Crippen LogP contribution in [0.4, 0.5) is 21.6 Å². The van der Waals surface area contributed by atoms with Crippen molar-refractivity contribution < 1.29 is 9.18 Å². The van der Waals surface area contributed by atoms with E-state index in [1.807, 2.05) is 6.07 Å². The van der Waals surface area contributed by atoms with Gasteiger partial charge in [-0.2, -0.15) is 0 Å². The minimum absolute atomic E-state index is 0.0245. The van der Waals surface area contributed by atoms with Crippen molar-refractivity contribution in [2.24, 2.45) is 0 Å². The van der Waals surface area contributed by atoms with E-state index in [1.165, 1.54) is 41.0 Å². The standard InChI is InChI=1S/C27H26ClFN6OS/c28-21-11-18(5-6-22(21)29)33-25-20-12-24(37-27(20)32-15-31-25)26(36)34-17-7-9-35(10-8-17)14-16-13-30-23-4-2-1-3-19(16)23/h1-6,11-12,15-17,30H,7-10,13-14H2,(H,34,36)(H,31,32,33). The van der Waals surface area contributed by atoms with Crippen molar-refractivity contribution in [3.8, 4) is 0 Å². The molecule has 1 saturated heterocycles. The number of benzene rings is 2. The zero-order valence-corrected chi connectivity index (χ0v) is 21.6. The minimum atomic E-state index is -0.485. The second kappa shape index (κ2) is 10.2. The number of nitrogens with one attached hydrogen (secondary N) is 3. The Bertz CT molecular complexity index is 1450. The maximum atomic E-state index is 13.5. The van der Waals surface area contributed by atoms with Crippen LogP contribution in [0.1, 0.15) is 34.0 Å². The summed E-state index contributed by atoms with van der Waals surface area (Å²) < 4.78 is 13.5. The molecule has 2 aromatic heterocycles. The summed E-state index contributed by atoms with van der Waals surface area (Å²) in [6, 6.07) is 14.9. The first-order valence-corrected chi connectivity index (χ1v) is 13.6. The Balaban J connectivity index is 1.07. The van der Waals surface area contributed by atoms with E-state index in [0.29, 0.717) is 27.1 Å². The van der Waals surface area contributed by atoms with Crippen LogP contribution in [0.25, 0.3) is 10.2 Å². The number of anilines is 3. The number of fused-ring (bicyclic) bond motifs is 2. The molecule has 0 spiro atoms. The van der Waals surface area contributed by atoms with E-state index >= 15 is 0 Å². The Kier molecular flexibility index (Phi) is 6.67. The molecule has 0 aliphatic carbocycles. The lowest BCUT2D eigenvalue weighted by molar-refractivity contribution is 0.0914. The number of piperidine rings is 1. The number of carbonyl (C=O) groups is 1. The van der Waals surface area contributed by atoms with Crippen LogP contribution in [-0.2, 0) is 0 Å². The average molecular weight is 537 g/mol. The van der Waals surface area contributed by atoms with Gasteiger partial charge in [-0.3, -0.25) is 4.79 Å². The number of para-hydroxylation sites is 1. The third-order valence-corrected chi connectivity index (χ3v) is 8.41. The van der Waals surface area contributed by atoms with Crippen LogP contribution in [-0.4, -0.2) is 53.0 Å². The smallest absolute Gasteiger partial charge is 0.261 e. The summed E-state index contributed by atoms with van der Waals surface area (Å²) in [6.45, 7) is 3.95. The SMILES string of the molecule is O=C(NC1CCN(CC2CNc3ccccc32)CC1)c1cc2c(Nc3ccc(F)c(Cl)c3)ncnc2s1. The molecule has 0 saturated carbocycles. The lowest BCUT2D eigenvalue weighted by Gasteiger charge is -2.33. The van der Waals surface area contributed by atoms with Gasteiger partial charge < -0.3 is 20.9 Å². The third kappa shape index (κ3) is 5.12. The number of aromatic nitrogens is 2. The number of nitrogens with zero attached hydrogens (tertiary/aromatic N) is 3. The molecule has 1 atom stereocenters. The van der Waals surface area contributed by atoms with Crippen molar-refractivity contribution in [3.63, 3.8) is 0 Å². The second-order valence-electron chi connectivity index (χ2n) is 9.52. The van der Waals surface area contributed by atoms with E-state index < -0.39 is 5.82 Å². The van der Waals surface area contributed by atoms with Crippen molar-refractivity contribution in [3.05, 3.63) is 76.1 Å². The van der Waals surface area contributed by atoms with Gasteiger partial charge in [-0.1, -0.05) is 29.8 Å². The first-order valence-electron chi connectivity index (χ1n) is 12.4. The van der Waals surface area contributed by atoms with Crippen molar-refractivity contribution >= 4 is 56.3 Å². The molecule has 0 radical (unpaired) electrons. The first-order chi connectivity index (χ1) is 18.0. The number of thiophene rings is 1.